The van der Waals surface area contributed by atoms with E-state index in [9.17, 15) is 18.0 Å². The molecule has 0 bridgehead atoms. The molecule has 0 fully saturated rings. The Morgan fingerprint density at radius 3 is 2.30 bits per heavy atom. The van der Waals surface area contributed by atoms with Crippen LogP contribution in [0.3, 0.4) is 0 Å². The molecule has 6 heteroatoms. The average molecular weight is 406 g/mol. The lowest BCUT2D eigenvalue weighted by molar-refractivity contribution is -0.136. The van der Waals surface area contributed by atoms with E-state index >= 15 is 0 Å². The first-order valence-corrected chi connectivity index (χ1v) is 9.27. The Labute approximate surface area is 171 Å². The number of pyridine rings is 1. The molecule has 0 atom stereocenters. The van der Waals surface area contributed by atoms with Gasteiger partial charge in [-0.1, -0.05) is 60.2 Å². The summed E-state index contributed by atoms with van der Waals surface area (Å²) in [5.41, 5.74) is 2.14. The Kier molecular flexibility index (Phi) is 4.99. The number of nitrogens with one attached hydrogen (secondary N) is 1. The summed E-state index contributed by atoms with van der Waals surface area (Å²) in [6.07, 6.45) is -4.57. The van der Waals surface area contributed by atoms with Crippen molar-refractivity contribution in [2.45, 2.75) is 13.1 Å². The molecule has 1 aromatic heterocycles. The maximum Gasteiger partial charge on any atom is 0.418 e. The summed E-state index contributed by atoms with van der Waals surface area (Å²) in [5, 5.41) is 2.99. The number of amides is 1. The van der Waals surface area contributed by atoms with Crippen LogP contribution in [0.15, 0.2) is 78.9 Å². The van der Waals surface area contributed by atoms with Crippen molar-refractivity contribution in [3.63, 3.8) is 0 Å². The van der Waals surface area contributed by atoms with E-state index in [1.807, 2.05) is 31.2 Å². The Morgan fingerprint density at radius 1 is 0.900 bits per heavy atom. The maximum atomic E-state index is 13.3. The van der Waals surface area contributed by atoms with Crippen molar-refractivity contribution in [1.29, 1.82) is 0 Å². The third-order valence-electron chi connectivity index (χ3n) is 4.79. The first kappa shape index (κ1) is 19.6. The smallest absolute Gasteiger partial charge is 0.321 e. The van der Waals surface area contributed by atoms with Crippen LogP contribution in [0.1, 0.15) is 21.5 Å². The number of hydrogen-bond acceptors (Lipinski definition) is 2. The van der Waals surface area contributed by atoms with Crippen molar-refractivity contribution >= 4 is 22.5 Å². The lowest BCUT2D eigenvalue weighted by atomic mass is 10.0. The predicted octanol–water partition coefficient (Wildman–Crippen LogP) is 6.48. The highest BCUT2D eigenvalue weighted by Crippen LogP contribution is 2.35. The Bertz CT molecular complexity index is 1230. The van der Waals surface area contributed by atoms with Gasteiger partial charge in [-0.05, 0) is 31.2 Å². The molecule has 0 saturated heterocycles. The largest absolute Gasteiger partial charge is 0.418 e. The number of rotatable bonds is 3. The van der Waals surface area contributed by atoms with Crippen LogP contribution in [-0.4, -0.2) is 10.9 Å². The van der Waals surface area contributed by atoms with E-state index in [0.717, 1.165) is 17.2 Å². The van der Waals surface area contributed by atoms with Gasteiger partial charge in [-0.2, -0.15) is 13.2 Å². The minimum absolute atomic E-state index is 0.258. The summed E-state index contributed by atoms with van der Waals surface area (Å²) in [7, 11) is 0. The molecule has 3 nitrogen and oxygen atoms in total. The fourth-order valence-electron chi connectivity index (χ4n) is 3.26. The van der Waals surface area contributed by atoms with E-state index in [-0.39, 0.29) is 11.3 Å². The Balaban J connectivity index is 1.80. The van der Waals surface area contributed by atoms with E-state index in [0.29, 0.717) is 16.6 Å². The van der Waals surface area contributed by atoms with Gasteiger partial charge in [0.2, 0.25) is 0 Å². The van der Waals surface area contributed by atoms with Gasteiger partial charge in [0.25, 0.3) is 5.91 Å². The minimum atomic E-state index is -4.57. The number of nitrogens with zero attached hydrogens (tertiary/aromatic N) is 1. The molecule has 150 valence electrons. The number of carbonyl (C=O) groups excluding carboxylic acids is 1. The van der Waals surface area contributed by atoms with Gasteiger partial charge in [0.1, 0.15) is 0 Å². The molecule has 3 aromatic carbocycles. The first-order valence-electron chi connectivity index (χ1n) is 9.27. The zero-order valence-corrected chi connectivity index (χ0v) is 16.0. The third kappa shape index (κ3) is 3.89. The van der Waals surface area contributed by atoms with Crippen molar-refractivity contribution in [2.24, 2.45) is 0 Å². The number of alkyl halides is 3. The number of halogens is 3. The fraction of sp³-hybridized carbons (Fsp3) is 0.0833. The Morgan fingerprint density at radius 2 is 1.57 bits per heavy atom. The minimum Gasteiger partial charge on any atom is -0.321 e. The SMILES string of the molecule is Cc1ccc(-c2cc(C(=O)Nc3ccccc3C(F)(F)F)c3ccccc3n2)cc1. The average Bonchev–Trinajstić information content (AvgIpc) is 2.73. The van der Waals surface area contributed by atoms with Crippen molar-refractivity contribution in [3.05, 3.63) is 95.6 Å². The van der Waals surface area contributed by atoms with Gasteiger partial charge >= 0.3 is 6.18 Å². The van der Waals surface area contributed by atoms with Crippen molar-refractivity contribution < 1.29 is 18.0 Å². The quantitative estimate of drug-likeness (QED) is 0.423. The van der Waals surface area contributed by atoms with Crippen molar-refractivity contribution in [2.75, 3.05) is 5.32 Å². The molecular weight excluding hydrogens is 389 g/mol. The van der Waals surface area contributed by atoms with Crippen LogP contribution >= 0.6 is 0 Å². The van der Waals surface area contributed by atoms with E-state index in [4.69, 9.17) is 0 Å². The van der Waals surface area contributed by atoms with Crippen molar-refractivity contribution in [1.82, 2.24) is 4.98 Å². The van der Waals surface area contributed by atoms with Gasteiger partial charge in [-0.25, -0.2) is 4.98 Å². The highest BCUT2D eigenvalue weighted by molar-refractivity contribution is 6.13. The van der Waals surface area contributed by atoms with Gasteiger partial charge in [0.05, 0.1) is 28.0 Å². The summed E-state index contributed by atoms with van der Waals surface area (Å²) in [5.74, 6) is -0.626. The van der Waals surface area contributed by atoms with Crippen LogP contribution in [0.2, 0.25) is 0 Å². The second-order valence-corrected chi connectivity index (χ2v) is 6.94. The summed E-state index contributed by atoms with van der Waals surface area (Å²) in [4.78, 5) is 17.7. The lowest BCUT2D eigenvalue weighted by Crippen LogP contribution is -2.17. The molecule has 0 radical (unpaired) electrons. The summed E-state index contributed by atoms with van der Waals surface area (Å²) < 4.78 is 39.9. The topological polar surface area (TPSA) is 42.0 Å². The molecule has 0 aliphatic rings. The number of anilines is 1. The lowest BCUT2D eigenvalue weighted by Gasteiger charge is -2.15. The van der Waals surface area contributed by atoms with E-state index < -0.39 is 17.6 Å². The van der Waals surface area contributed by atoms with E-state index in [1.165, 1.54) is 18.2 Å². The monoisotopic (exact) mass is 406 g/mol. The molecule has 4 rings (SSSR count). The highest BCUT2D eigenvalue weighted by Gasteiger charge is 2.33. The van der Waals surface area contributed by atoms with Crippen LogP contribution in [0.5, 0.6) is 0 Å². The number of fused-ring (bicyclic) bond motifs is 1. The molecule has 0 aliphatic heterocycles. The van der Waals surface area contributed by atoms with E-state index in [1.54, 1.807) is 30.3 Å². The molecular formula is C24H17F3N2O. The summed E-state index contributed by atoms with van der Waals surface area (Å²) in [6, 6.07) is 21.3. The van der Waals surface area contributed by atoms with Gasteiger partial charge in [0, 0.05) is 10.9 Å². The number of carbonyl (C=O) groups is 1. The zero-order valence-electron chi connectivity index (χ0n) is 16.0. The third-order valence-corrected chi connectivity index (χ3v) is 4.79. The summed E-state index contributed by atoms with van der Waals surface area (Å²) in [6.45, 7) is 1.97. The Hall–Kier alpha value is -3.67. The number of hydrogen-bond donors (Lipinski definition) is 1. The number of aromatic nitrogens is 1. The van der Waals surface area contributed by atoms with Gasteiger partial charge < -0.3 is 5.32 Å². The molecule has 0 aliphatic carbocycles. The van der Waals surface area contributed by atoms with Crippen molar-refractivity contribution in [3.8, 4) is 11.3 Å². The van der Waals surface area contributed by atoms with Gasteiger partial charge in [0.15, 0.2) is 0 Å². The molecule has 0 saturated carbocycles. The maximum absolute atomic E-state index is 13.3. The van der Waals surface area contributed by atoms with Gasteiger partial charge in [-0.3, -0.25) is 4.79 Å². The van der Waals surface area contributed by atoms with Crippen LogP contribution in [0.25, 0.3) is 22.2 Å². The standard InChI is InChI=1S/C24H17F3N2O/c1-15-10-12-16(13-11-15)22-14-18(17-6-2-4-8-20(17)28-22)23(30)29-21-9-5-3-7-19(21)24(25,26)27/h2-14H,1H3,(H,29,30). The molecule has 1 N–H and O–H groups in total. The second-order valence-electron chi connectivity index (χ2n) is 6.94. The zero-order chi connectivity index (χ0) is 21.3. The molecule has 30 heavy (non-hydrogen) atoms. The summed E-state index contributed by atoms with van der Waals surface area (Å²) >= 11 is 0. The molecule has 4 aromatic rings. The van der Waals surface area contributed by atoms with Gasteiger partial charge in [-0.15, -0.1) is 0 Å². The second kappa shape index (κ2) is 7.63. The molecule has 1 amide bonds. The van der Waals surface area contributed by atoms with Crippen LogP contribution in [-0.2, 0) is 6.18 Å². The number of para-hydroxylation sites is 2. The number of aryl methyl sites for hydroxylation is 1. The van der Waals surface area contributed by atoms with Crippen LogP contribution in [0.4, 0.5) is 18.9 Å². The number of benzene rings is 3. The first-order chi connectivity index (χ1) is 14.3. The fourth-order valence-corrected chi connectivity index (χ4v) is 3.26. The predicted molar refractivity (Wildman–Crippen MR) is 111 cm³/mol. The van der Waals surface area contributed by atoms with E-state index in [2.05, 4.69) is 10.3 Å². The molecule has 1 heterocycles. The normalized spacial score (nSPS) is 11.5. The molecule has 0 spiro atoms. The van der Waals surface area contributed by atoms with Crippen LogP contribution in [0, 0.1) is 6.92 Å². The van der Waals surface area contributed by atoms with Crippen LogP contribution < -0.4 is 5.32 Å². The highest BCUT2D eigenvalue weighted by atomic mass is 19.4. The molecule has 0 unspecified atom stereocenters.